The number of nitrogens with one attached hydrogen (secondary N) is 1. The quantitative estimate of drug-likeness (QED) is 0.493. The molecule has 1 fully saturated rings. The molecular formula is C13H13F3N2O4S. The molecule has 0 spiro atoms. The molecule has 6 nitrogen and oxygen atoms in total. The van der Waals surface area contributed by atoms with Gasteiger partial charge < -0.3 is 9.64 Å². The zero-order valence-electron chi connectivity index (χ0n) is 11.9. The highest BCUT2D eigenvalue weighted by Crippen LogP contribution is 2.34. The van der Waals surface area contributed by atoms with Gasteiger partial charge in [0.2, 0.25) is 0 Å². The molecule has 1 heterocycles. The summed E-state index contributed by atoms with van der Waals surface area (Å²) in [6, 6.07) is 2.87. The van der Waals surface area contributed by atoms with Gasteiger partial charge in [0.25, 0.3) is 11.8 Å². The number of likely N-dealkylation sites (tertiary alicyclic amines) is 1. The Balaban J connectivity index is 2.24. The Morgan fingerprint density at radius 3 is 2.61 bits per heavy atom. The summed E-state index contributed by atoms with van der Waals surface area (Å²) < 4.78 is 41.2. The zero-order chi connectivity index (χ0) is 17.2. The summed E-state index contributed by atoms with van der Waals surface area (Å²) in [4.78, 5) is 25.1. The standard InChI is InChI=1S/C13H13F3N2O4S/c1-23-10-3-2-7(6-9(10)22-13(14,15)16)12(20)18-5-4-8(18)11(19)17-21/h2-3,6,8,21H,4-5H2,1H3,(H,17,19)/t8-/m1/s1. The molecule has 0 aliphatic carbocycles. The summed E-state index contributed by atoms with van der Waals surface area (Å²) in [6.07, 6.45) is -2.92. The first-order chi connectivity index (χ1) is 10.8. The predicted octanol–water partition coefficient (Wildman–Crippen LogP) is 2.03. The molecule has 23 heavy (non-hydrogen) atoms. The van der Waals surface area contributed by atoms with Gasteiger partial charge in [0.15, 0.2) is 0 Å². The molecule has 126 valence electrons. The van der Waals surface area contributed by atoms with Crippen LogP contribution in [0, 0.1) is 0 Å². The highest BCUT2D eigenvalue weighted by molar-refractivity contribution is 7.98. The maximum absolute atomic E-state index is 12.4. The monoisotopic (exact) mass is 350 g/mol. The van der Waals surface area contributed by atoms with E-state index in [0.29, 0.717) is 6.42 Å². The molecule has 0 aromatic heterocycles. The van der Waals surface area contributed by atoms with Crippen molar-refractivity contribution >= 4 is 23.6 Å². The Morgan fingerprint density at radius 2 is 2.13 bits per heavy atom. The van der Waals surface area contributed by atoms with Crippen molar-refractivity contribution in [3.8, 4) is 5.75 Å². The SMILES string of the molecule is CSc1ccc(C(=O)N2CC[C@@H]2C(=O)NO)cc1OC(F)(F)F. The molecule has 2 amide bonds. The lowest BCUT2D eigenvalue weighted by Gasteiger charge is -2.39. The van der Waals surface area contributed by atoms with E-state index >= 15 is 0 Å². The van der Waals surface area contributed by atoms with Gasteiger partial charge in [-0.25, -0.2) is 5.48 Å². The summed E-state index contributed by atoms with van der Waals surface area (Å²) in [5.74, 6) is -1.82. The Labute approximate surface area is 133 Å². The summed E-state index contributed by atoms with van der Waals surface area (Å²) in [7, 11) is 0. The van der Waals surface area contributed by atoms with Crippen LogP contribution in [0.2, 0.25) is 0 Å². The first-order valence-electron chi connectivity index (χ1n) is 6.45. The van der Waals surface area contributed by atoms with Gasteiger partial charge in [-0.15, -0.1) is 24.9 Å². The second-order valence-corrected chi connectivity index (χ2v) is 5.54. The van der Waals surface area contributed by atoms with Crippen LogP contribution in [0.15, 0.2) is 23.1 Å². The molecule has 1 aliphatic heterocycles. The minimum Gasteiger partial charge on any atom is -0.405 e. The van der Waals surface area contributed by atoms with Crippen LogP contribution in [0.3, 0.4) is 0 Å². The molecule has 1 aliphatic rings. The zero-order valence-corrected chi connectivity index (χ0v) is 12.7. The molecule has 1 saturated heterocycles. The Hall–Kier alpha value is -1.94. The van der Waals surface area contributed by atoms with E-state index in [4.69, 9.17) is 5.21 Å². The third kappa shape index (κ3) is 3.88. The number of hydroxylamine groups is 1. The van der Waals surface area contributed by atoms with Crippen LogP contribution in [0.5, 0.6) is 5.75 Å². The van der Waals surface area contributed by atoms with Gasteiger partial charge in [-0.2, -0.15) is 0 Å². The number of halogens is 3. The molecule has 2 N–H and O–H groups in total. The van der Waals surface area contributed by atoms with Crippen LogP contribution in [-0.2, 0) is 4.79 Å². The fourth-order valence-corrected chi connectivity index (χ4v) is 2.66. The number of nitrogens with zero attached hydrogens (tertiary/aromatic N) is 1. The van der Waals surface area contributed by atoms with Crippen LogP contribution in [0.25, 0.3) is 0 Å². The Bertz CT molecular complexity index is 624. The molecule has 1 atom stereocenters. The summed E-state index contributed by atoms with van der Waals surface area (Å²) in [6.45, 7) is 0.274. The molecule has 10 heteroatoms. The van der Waals surface area contributed by atoms with Crippen molar-refractivity contribution in [2.75, 3.05) is 12.8 Å². The Morgan fingerprint density at radius 1 is 1.43 bits per heavy atom. The van der Waals surface area contributed by atoms with Crippen LogP contribution >= 0.6 is 11.8 Å². The summed E-state index contributed by atoms with van der Waals surface area (Å²) >= 11 is 1.05. The van der Waals surface area contributed by atoms with E-state index in [-0.39, 0.29) is 17.0 Å². The number of thioether (sulfide) groups is 1. The van der Waals surface area contributed by atoms with E-state index in [1.807, 2.05) is 0 Å². The number of ether oxygens (including phenoxy) is 1. The lowest BCUT2D eigenvalue weighted by Crippen LogP contribution is -2.57. The first-order valence-corrected chi connectivity index (χ1v) is 7.68. The van der Waals surface area contributed by atoms with Crippen molar-refractivity contribution in [3.63, 3.8) is 0 Å². The van der Waals surface area contributed by atoms with Crippen LogP contribution in [0.1, 0.15) is 16.8 Å². The van der Waals surface area contributed by atoms with Gasteiger partial charge >= 0.3 is 6.36 Å². The summed E-state index contributed by atoms with van der Waals surface area (Å²) in [5.41, 5.74) is 1.42. The minimum atomic E-state index is -4.87. The molecule has 1 aromatic rings. The van der Waals surface area contributed by atoms with Gasteiger partial charge in [-0.3, -0.25) is 14.8 Å². The number of amides is 2. The number of benzene rings is 1. The molecular weight excluding hydrogens is 337 g/mol. The van der Waals surface area contributed by atoms with Gasteiger partial charge in [0, 0.05) is 17.0 Å². The number of alkyl halides is 3. The topological polar surface area (TPSA) is 78.9 Å². The van der Waals surface area contributed by atoms with Crippen LogP contribution in [-0.4, -0.2) is 47.1 Å². The Kier molecular flexibility index (Phi) is 5.05. The lowest BCUT2D eigenvalue weighted by molar-refractivity contribution is -0.275. The number of carbonyl (C=O) groups excluding carboxylic acids is 2. The number of hydrogen-bond donors (Lipinski definition) is 2. The molecule has 0 bridgehead atoms. The largest absolute Gasteiger partial charge is 0.573 e. The average Bonchev–Trinajstić information content (AvgIpc) is 2.44. The van der Waals surface area contributed by atoms with Crippen molar-refractivity contribution in [1.82, 2.24) is 10.4 Å². The van der Waals surface area contributed by atoms with Gasteiger partial charge in [0.05, 0.1) is 0 Å². The molecule has 0 radical (unpaired) electrons. The lowest BCUT2D eigenvalue weighted by atomic mass is 10.0. The van der Waals surface area contributed by atoms with Crippen molar-refractivity contribution < 1.29 is 32.7 Å². The van der Waals surface area contributed by atoms with E-state index in [9.17, 15) is 22.8 Å². The van der Waals surface area contributed by atoms with Crippen LogP contribution < -0.4 is 10.2 Å². The van der Waals surface area contributed by atoms with E-state index in [2.05, 4.69) is 4.74 Å². The molecule has 0 saturated carbocycles. The smallest absolute Gasteiger partial charge is 0.405 e. The van der Waals surface area contributed by atoms with Crippen molar-refractivity contribution in [1.29, 1.82) is 0 Å². The normalized spacial score (nSPS) is 17.4. The van der Waals surface area contributed by atoms with E-state index in [0.717, 1.165) is 22.7 Å². The predicted molar refractivity (Wildman–Crippen MR) is 74.3 cm³/mol. The maximum Gasteiger partial charge on any atom is 0.573 e. The highest BCUT2D eigenvalue weighted by Gasteiger charge is 2.38. The van der Waals surface area contributed by atoms with E-state index in [1.54, 1.807) is 6.26 Å². The first kappa shape index (κ1) is 17.4. The second kappa shape index (κ2) is 6.67. The summed E-state index contributed by atoms with van der Waals surface area (Å²) in [5, 5.41) is 8.60. The third-order valence-corrected chi connectivity index (χ3v) is 4.11. The fourth-order valence-electron chi connectivity index (χ4n) is 2.16. The highest BCUT2D eigenvalue weighted by atomic mass is 32.2. The number of carbonyl (C=O) groups is 2. The van der Waals surface area contributed by atoms with E-state index in [1.165, 1.54) is 17.6 Å². The van der Waals surface area contributed by atoms with Crippen molar-refractivity contribution in [3.05, 3.63) is 23.8 Å². The fraction of sp³-hybridized carbons (Fsp3) is 0.385. The average molecular weight is 350 g/mol. The maximum atomic E-state index is 12.4. The third-order valence-electron chi connectivity index (χ3n) is 3.33. The number of hydrogen-bond acceptors (Lipinski definition) is 5. The minimum absolute atomic E-state index is 0.0301. The molecule has 0 unspecified atom stereocenters. The van der Waals surface area contributed by atoms with E-state index < -0.39 is 30.0 Å². The van der Waals surface area contributed by atoms with Crippen molar-refractivity contribution in [2.24, 2.45) is 0 Å². The molecule has 1 aromatic carbocycles. The van der Waals surface area contributed by atoms with Crippen LogP contribution in [0.4, 0.5) is 13.2 Å². The van der Waals surface area contributed by atoms with Gasteiger partial charge in [-0.1, -0.05) is 0 Å². The second-order valence-electron chi connectivity index (χ2n) is 4.69. The van der Waals surface area contributed by atoms with Crippen molar-refractivity contribution in [2.45, 2.75) is 23.7 Å². The van der Waals surface area contributed by atoms with Gasteiger partial charge in [-0.05, 0) is 30.9 Å². The van der Waals surface area contributed by atoms with Gasteiger partial charge in [0.1, 0.15) is 11.8 Å². The molecule has 2 rings (SSSR count). The number of rotatable bonds is 4.